The molecule has 0 aliphatic carbocycles. The number of carbonyl (C=O) groups excluding carboxylic acids is 1. The second-order valence-electron chi connectivity index (χ2n) is 1.23. The molecule has 0 radical (unpaired) electrons. The molecule has 1 aromatic heterocycles. The Balaban J connectivity index is 0.000000810. The number of aromatic nitrogens is 4. The molecule has 1 aromatic rings. The third-order valence-electron chi connectivity index (χ3n) is 0.675. The van der Waals surface area contributed by atoms with E-state index < -0.39 is 11.8 Å². The van der Waals surface area contributed by atoms with Crippen LogP contribution in [0.15, 0.2) is 0 Å². The Morgan fingerprint density at radius 1 is 1.70 bits per heavy atom. The van der Waals surface area contributed by atoms with Gasteiger partial charge < -0.3 is 15.7 Å². The number of rotatable bonds is 1. The smallest absolute Gasteiger partial charge is 0.541 e. The summed E-state index contributed by atoms with van der Waals surface area (Å²) in [5.41, 5.74) is 0. The van der Waals surface area contributed by atoms with Crippen LogP contribution >= 0.6 is 0 Å². The summed E-state index contributed by atoms with van der Waals surface area (Å²) in [5.74, 6) is 2.91. The molecule has 0 fully saturated rings. The average Bonchev–Trinajstić information content (AvgIpc) is 2.13. The third kappa shape index (κ3) is 1.46. The van der Waals surface area contributed by atoms with E-state index in [0.717, 1.165) is 0 Å². The molecule has 0 aliphatic rings. The first-order valence-electron chi connectivity index (χ1n) is 1.96. The number of hydrogen-bond acceptors (Lipinski definition) is 6. The number of carboxylic acid groups (broad SMARTS) is 1. The summed E-state index contributed by atoms with van der Waals surface area (Å²) in [6, 6.07) is 0. The monoisotopic (exact) mass is 135 g/mol. The summed E-state index contributed by atoms with van der Waals surface area (Å²) in [5, 5.41) is 19.0. The van der Waals surface area contributed by atoms with Gasteiger partial charge in [-0.3, -0.25) is 0 Å². The molecule has 8 heteroatoms. The number of carboxylic acids is 1. The molecule has 0 bridgehead atoms. The van der Waals surface area contributed by atoms with E-state index in [2.05, 4.69) is 15.5 Å². The van der Waals surface area contributed by atoms with Crippen molar-refractivity contribution >= 4 is 5.97 Å². The fraction of sp³-hybridized carbons (Fsp3) is 0. The maximum absolute atomic E-state index is 9.93. The number of tetrazole rings is 1. The van der Waals surface area contributed by atoms with Crippen molar-refractivity contribution in [1.82, 2.24) is 20.3 Å². The van der Waals surface area contributed by atoms with E-state index in [4.69, 9.17) is 5.84 Å². The number of nitrogens with two attached hydrogens (primary N) is 1. The van der Waals surface area contributed by atoms with Crippen LogP contribution in [-0.2, 0) is 0 Å². The van der Waals surface area contributed by atoms with Gasteiger partial charge in [0.05, 0.1) is 0 Å². The first kappa shape index (κ1) is 8.94. The van der Waals surface area contributed by atoms with Crippen molar-refractivity contribution in [3.8, 4) is 0 Å². The minimum Gasteiger partial charge on any atom is -0.541 e. The SMILES string of the molecule is Nn1nnnc1C(=O)[O-].[Li+]. The maximum Gasteiger partial charge on any atom is 1.00 e. The van der Waals surface area contributed by atoms with E-state index in [-0.39, 0.29) is 18.9 Å². The van der Waals surface area contributed by atoms with Crippen molar-refractivity contribution in [3.05, 3.63) is 5.82 Å². The predicted octanol–water partition coefficient (Wildman–Crippen LogP) is -6.25. The molecule has 0 aliphatic heterocycles. The Morgan fingerprint density at radius 2 is 2.30 bits per heavy atom. The molecule has 1 heterocycles. The Kier molecular flexibility index (Phi) is 2.85. The average molecular weight is 135 g/mol. The zero-order valence-electron chi connectivity index (χ0n) is 5.18. The van der Waals surface area contributed by atoms with Crippen LogP contribution in [0.1, 0.15) is 10.6 Å². The van der Waals surface area contributed by atoms with Gasteiger partial charge >= 0.3 is 18.9 Å². The van der Waals surface area contributed by atoms with Gasteiger partial charge in [-0.1, -0.05) is 0 Å². The summed E-state index contributed by atoms with van der Waals surface area (Å²) in [6.07, 6.45) is 0. The minimum absolute atomic E-state index is 0. The van der Waals surface area contributed by atoms with Crippen LogP contribution in [0.5, 0.6) is 0 Å². The molecule has 0 spiro atoms. The van der Waals surface area contributed by atoms with Gasteiger partial charge in [0.2, 0.25) is 5.82 Å². The zero-order valence-corrected chi connectivity index (χ0v) is 5.18. The first-order chi connectivity index (χ1) is 4.22. The topological polar surface area (TPSA) is 110 Å². The van der Waals surface area contributed by atoms with Crippen molar-refractivity contribution in [2.45, 2.75) is 0 Å². The molecular formula is C2H2LiN5O2. The van der Waals surface area contributed by atoms with Gasteiger partial charge in [-0.15, -0.1) is 9.89 Å². The Labute approximate surface area is 67.3 Å². The van der Waals surface area contributed by atoms with Crippen LogP contribution in [0, 0.1) is 0 Å². The summed E-state index contributed by atoms with van der Waals surface area (Å²) in [4.78, 5) is 10.5. The van der Waals surface area contributed by atoms with E-state index in [9.17, 15) is 9.90 Å². The number of nitrogens with zero attached hydrogens (tertiary/aromatic N) is 4. The fourth-order valence-electron chi connectivity index (χ4n) is 0.328. The van der Waals surface area contributed by atoms with Crippen LogP contribution in [0.3, 0.4) is 0 Å². The Hall–Kier alpha value is -1.06. The molecule has 2 N–H and O–H groups in total. The zero-order chi connectivity index (χ0) is 6.85. The van der Waals surface area contributed by atoms with Crippen molar-refractivity contribution < 1.29 is 28.8 Å². The first-order valence-corrected chi connectivity index (χ1v) is 1.96. The summed E-state index contributed by atoms with van der Waals surface area (Å²) in [7, 11) is 0. The summed E-state index contributed by atoms with van der Waals surface area (Å²) in [6.45, 7) is 0. The molecule has 0 amide bonds. The van der Waals surface area contributed by atoms with Crippen molar-refractivity contribution in [3.63, 3.8) is 0 Å². The third-order valence-corrected chi connectivity index (χ3v) is 0.675. The summed E-state index contributed by atoms with van der Waals surface area (Å²) >= 11 is 0. The Morgan fingerprint density at radius 3 is 2.50 bits per heavy atom. The van der Waals surface area contributed by atoms with Crippen LogP contribution in [0.25, 0.3) is 0 Å². The van der Waals surface area contributed by atoms with E-state index in [1.807, 2.05) is 0 Å². The van der Waals surface area contributed by atoms with Crippen LogP contribution in [0.2, 0.25) is 0 Å². The van der Waals surface area contributed by atoms with Gasteiger partial charge in [-0.2, -0.15) is 0 Å². The van der Waals surface area contributed by atoms with Gasteiger partial charge in [0.25, 0.3) is 0 Å². The molecule has 0 unspecified atom stereocenters. The molecule has 0 aromatic carbocycles. The van der Waals surface area contributed by atoms with Gasteiger partial charge in [-0.05, 0) is 10.4 Å². The van der Waals surface area contributed by atoms with E-state index in [1.165, 1.54) is 0 Å². The minimum atomic E-state index is -1.50. The second-order valence-corrected chi connectivity index (χ2v) is 1.23. The van der Waals surface area contributed by atoms with Crippen molar-refractivity contribution in [1.29, 1.82) is 0 Å². The molecule has 0 saturated heterocycles. The van der Waals surface area contributed by atoms with E-state index in [1.54, 1.807) is 0 Å². The molecule has 10 heavy (non-hydrogen) atoms. The molecule has 7 nitrogen and oxygen atoms in total. The molecule has 48 valence electrons. The molecular weight excluding hydrogens is 133 g/mol. The van der Waals surface area contributed by atoms with Crippen LogP contribution < -0.4 is 29.8 Å². The second kappa shape index (κ2) is 3.19. The summed E-state index contributed by atoms with van der Waals surface area (Å²) < 4.78 is 0. The largest absolute Gasteiger partial charge is 1.00 e. The quantitative estimate of drug-likeness (QED) is 0.303. The van der Waals surface area contributed by atoms with Crippen molar-refractivity contribution in [2.24, 2.45) is 0 Å². The normalized spacial score (nSPS) is 8.40. The van der Waals surface area contributed by atoms with Gasteiger partial charge in [0.1, 0.15) is 5.97 Å². The standard InChI is InChI=1S/C2H3N5O2.Li/c3-7-1(2(8)9)4-5-6-7;/h3H2,(H,8,9);/q;+1/p-1. The molecule has 1 rings (SSSR count). The van der Waals surface area contributed by atoms with E-state index >= 15 is 0 Å². The van der Waals surface area contributed by atoms with Crippen LogP contribution in [0.4, 0.5) is 0 Å². The van der Waals surface area contributed by atoms with Gasteiger partial charge in [0, 0.05) is 0 Å². The number of carbonyl (C=O) groups is 1. The van der Waals surface area contributed by atoms with Gasteiger partial charge in [-0.25, -0.2) is 0 Å². The number of aromatic carboxylic acids is 1. The number of hydrogen-bond donors (Lipinski definition) is 1. The number of nitrogen functional groups attached to an aromatic ring is 1. The van der Waals surface area contributed by atoms with E-state index in [0.29, 0.717) is 4.79 Å². The molecule has 0 atom stereocenters. The molecule has 0 saturated carbocycles. The van der Waals surface area contributed by atoms with Crippen LogP contribution in [-0.4, -0.2) is 26.3 Å². The van der Waals surface area contributed by atoms with Gasteiger partial charge in [0.15, 0.2) is 0 Å². The maximum atomic E-state index is 9.93. The fourth-order valence-corrected chi connectivity index (χ4v) is 0.328. The predicted molar refractivity (Wildman–Crippen MR) is 22.3 cm³/mol. The van der Waals surface area contributed by atoms with Crippen molar-refractivity contribution in [2.75, 3.05) is 5.84 Å². The Bertz CT molecular complexity index is 233.